The zero-order valence-electron chi connectivity index (χ0n) is 11.4. The normalized spacial score (nSPS) is 12.6. The van der Waals surface area contributed by atoms with E-state index in [-0.39, 0.29) is 0 Å². The van der Waals surface area contributed by atoms with E-state index in [2.05, 4.69) is 52.4 Å². The van der Waals surface area contributed by atoms with Crippen molar-refractivity contribution in [2.75, 3.05) is 20.3 Å². The average molecular weight is 314 g/mol. The fraction of sp³-hybridized carbons (Fsp3) is 0.600. The molecule has 0 aromatic heterocycles. The second-order valence-electron chi connectivity index (χ2n) is 4.62. The minimum atomic E-state index is 0.557. The second-order valence-corrected chi connectivity index (χ2v) is 5.53. The number of benzene rings is 1. The molecule has 18 heavy (non-hydrogen) atoms. The maximum absolute atomic E-state index is 5.13. The number of hydrogen-bond acceptors (Lipinski definition) is 2. The highest BCUT2D eigenvalue weighted by molar-refractivity contribution is 9.10. The molecule has 1 aromatic carbocycles. The molecule has 0 amide bonds. The Morgan fingerprint density at radius 1 is 1.28 bits per heavy atom. The maximum Gasteiger partial charge on any atom is 0.0462 e. The molecule has 0 bridgehead atoms. The van der Waals surface area contributed by atoms with Gasteiger partial charge in [-0.1, -0.05) is 35.0 Å². The topological polar surface area (TPSA) is 21.3 Å². The van der Waals surface area contributed by atoms with Crippen molar-refractivity contribution in [1.29, 1.82) is 0 Å². The number of methoxy groups -OCH3 is 1. The molecule has 102 valence electrons. The van der Waals surface area contributed by atoms with Crippen LogP contribution in [0.3, 0.4) is 0 Å². The SMILES string of the molecule is CCCNC(CCCOC)Cc1ccc(Br)cc1. The first-order valence-electron chi connectivity index (χ1n) is 6.73. The Morgan fingerprint density at radius 2 is 2.00 bits per heavy atom. The van der Waals surface area contributed by atoms with Crippen LogP contribution in [0.25, 0.3) is 0 Å². The van der Waals surface area contributed by atoms with E-state index in [1.54, 1.807) is 7.11 Å². The molecule has 0 aliphatic rings. The molecular formula is C15H24BrNO. The molecule has 1 aromatic rings. The van der Waals surface area contributed by atoms with E-state index in [1.165, 1.54) is 18.4 Å². The number of nitrogens with one attached hydrogen (secondary N) is 1. The van der Waals surface area contributed by atoms with Gasteiger partial charge in [0.15, 0.2) is 0 Å². The van der Waals surface area contributed by atoms with Crippen LogP contribution in [0.1, 0.15) is 31.7 Å². The number of ether oxygens (including phenoxy) is 1. The van der Waals surface area contributed by atoms with E-state index in [9.17, 15) is 0 Å². The van der Waals surface area contributed by atoms with Crippen molar-refractivity contribution in [1.82, 2.24) is 5.32 Å². The molecule has 2 nitrogen and oxygen atoms in total. The van der Waals surface area contributed by atoms with Crippen molar-refractivity contribution in [3.63, 3.8) is 0 Å². The van der Waals surface area contributed by atoms with Crippen LogP contribution in [0, 0.1) is 0 Å². The highest BCUT2D eigenvalue weighted by Crippen LogP contribution is 2.13. The molecule has 0 fully saturated rings. The Bertz CT molecular complexity index is 313. The highest BCUT2D eigenvalue weighted by Gasteiger charge is 2.08. The van der Waals surface area contributed by atoms with Gasteiger partial charge in [-0.2, -0.15) is 0 Å². The average Bonchev–Trinajstić information content (AvgIpc) is 2.38. The van der Waals surface area contributed by atoms with Gasteiger partial charge in [-0.25, -0.2) is 0 Å². The van der Waals surface area contributed by atoms with Gasteiger partial charge in [0, 0.05) is 24.2 Å². The Balaban J connectivity index is 2.45. The van der Waals surface area contributed by atoms with Gasteiger partial charge >= 0.3 is 0 Å². The quantitative estimate of drug-likeness (QED) is 0.700. The van der Waals surface area contributed by atoms with Gasteiger partial charge in [-0.15, -0.1) is 0 Å². The lowest BCUT2D eigenvalue weighted by Gasteiger charge is -2.18. The van der Waals surface area contributed by atoms with Gasteiger partial charge in [0.2, 0.25) is 0 Å². The smallest absolute Gasteiger partial charge is 0.0462 e. The van der Waals surface area contributed by atoms with Gasteiger partial charge in [-0.3, -0.25) is 0 Å². The Labute approximate surface area is 119 Å². The summed E-state index contributed by atoms with van der Waals surface area (Å²) in [5.41, 5.74) is 1.39. The minimum absolute atomic E-state index is 0.557. The molecular weight excluding hydrogens is 290 g/mol. The number of halogens is 1. The molecule has 0 spiro atoms. The fourth-order valence-electron chi connectivity index (χ4n) is 2.00. The summed E-state index contributed by atoms with van der Waals surface area (Å²) in [7, 11) is 1.77. The van der Waals surface area contributed by atoms with Crippen molar-refractivity contribution >= 4 is 15.9 Å². The van der Waals surface area contributed by atoms with E-state index in [1.807, 2.05) is 0 Å². The molecule has 0 saturated heterocycles. The molecule has 0 aliphatic heterocycles. The van der Waals surface area contributed by atoms with Crippen LogP contribution < -0.4 is 5.32 Å². The third-order valence-electron chi connectivity index (χ3n) is 2.98. The molecule has 1 rings (SSSR count). The van der Waals surface area contributed by atoms with Crippen LogP contribution in [0.2, 0.25) is 0 Å². The summed E-state index contributed by atoms with van der Waals surface area (Å²) in [6, 6.07) is 9.17. The highest BCUT2D eigenvalue weighted by atomic mass is 79.9. The van der Waals surface area contributed by atoms with Crippen LogP contribution in [0.15, 0.2) is 28.7 Å². The van der Waals surface area contributed by atoms with Crippen molar-refractivity contribution in [2.24, 2.45) is 0 Å². The van der Waals surface area contributed by atoms with Gasteiger partial charge in [0.05, 0.1) is 0 Å². The molecule has 1 atom stereocenters. The molecule has 0 aliphatic carbocycles. The summed E-state index contributed by atoms with van der Waals surface area (Å²) in [5.74, 6) is 0. The first kappa shape index (κ1) is 15.7. The zero-order chi connectivity index (χ0) is 13.2. The van der Waals surface area contributed by atoms with Crippen LogP contribution in [0.4, 0.5) is 0 Å². The molecule has 0 radical (unpaired) electrons. The third-order valence-corrected chi connectivity index (χ3v) is 3.51. The Kier molecular flexibility index (Phi) is 8.31. The second kappa shape index (κ2) is 9.54. The van der Waals surface area contributed by atoms with E-state index < -0.39 is 0 Å². The summed E-state index contributed by atoms with van der Waals surface area (Å²) in [4.78, 5) is 0. The molecule has 0 heterocycles. The predicted molar refractivity (Wildman–Crippen MR) is 81.0 cm³/mol. The van der Waals surface area contributed by atoms with Crippen LogP contribution >= 0.6 is 15.9 Å². The predicted octanol–water partition coefficient (Wildman–Crippen LogP) is 3.79. The van der Waals surface area contributed by atoms with E-state index in [0.717, 1.165) is 30.5 Å². The van der Waals surface area contributed by atoms with Crippen LogP contribution in [-0.2, 0) is 11.2 Å². The largest absolute Gasteiger partial charge is 0.385 e. The maximum atomic E-state index is 5.13. The van der Waals surface area contributed by atoms with Gasteiger partial charge in [-0.05, 0) is 49.9 Å². The third kappa shape index (κ3) is 6.53. The van der Waals surface area contributed by atoms with Crippen molar-refractivity contribution < 1.29 is 4.74 Å². The Hall–Kier alpha value is -0.380. The molecule has 1 unspecified atom stereocenters. The number of hydrogen-bond donors (Lipinski definition) is 1. The van der Waals surface area contributed by atoms with Crippen molar-refractivity contribution in [2.45, 2.75) is 38.6 Å². The monoisotopic (exact) mass is 313 g/mol. The van der Waals surface area contributed by atoms with Gasteiger partial charge in [0.25, 0.3) is 0 Å². The lowest BCUT2D eigenvalue weighted by molar-refractivity contribution is 0.188. The fourth-order valence-corrected chi connectivity index (χ4v) is 2.27. The van der Waals surface area contributed by atoms with E-state index >= 15 is 0 Å². The van der Waals surface area contributed by atoms with E-state index in [0.29, 0.717) is 6.04 Å². The molecule has 1 N–H and O–H groups in total. The van der Waals surface area contributed by atoms with Crippen molar-refractivity contribution in [3.05, 3.63) is 34.3 Å². The number of rotatable bonds is 9. The Morgan fingerprint density at radius 3 is 2.61 bits per heavy atom. The van der Waals surface area contributed by atoms with Gasteiger partial charge < -0.3 is 10.1 Å². The van der Waals surface area contributed by atoms with Crippen LogP contribution in [-0.4, -0.2) is 26.3 Å². The molecule has 3 heteroatoms. The lowest BCUT2D eigenvalue weighted by atomic mass is 10.0. The first-order valence-corrected chi connectivity index (χ1v) is 7.52. The lowest BCUT2D eigenvalue weighted by Crippen LogP contribution is -2.32. The standard InChI is InChI=1S/C15H24BrNO/c1-3-10-17-15(5-4-11-18-2)12-13-6-8-14(16)9-7-13/h6-9,15,17H,3-5,10-12H2,1-2H3. The molecule has 0 saturated carbocycles. The zero-order valence-corrected chi connectivity index (χ0v) is 13.0. The summed E-state index contributed by atoms with van der Waals surface area (Å²) in [6.45, 7) is 4.15. The van der Waals surface area contributed by atoms with Crippen LogP contribution in [0.5, 0.6) is 0 Å². The minimum Gasteiger partial charge on any atom is -0.385 e. The van der Waals surface area contributed by atoms with Gasteiger partial charge in [0.1, 0.15) is 0 Å². The summed E-state index contributed by atoms with van der Waals surface area (Å²) in [5, 5.41) is 3.62. The summed E-state index contributed by atoms with van der Waals surface area (Å²) < 4.78 is 6.27. The van der Waals surface area contributed by atoms with E-state index in [4.69, 9.17) is 4.74 Å². The summed E-state index contributed by atoms with van der Waals surface area (Å²) >= 11 is 3.47. The first-order chi connectivity index (χ1) is 8.76. The van der Waals surface area contributed by atoms with Crippen molar-refractivity contribution in [3.8, 4) is 0 Å². The summed E-state index contributed by atoms with van der Waals surface area (Å²) in [6.07, 6.45) is 4.57.